The van der Waals surface area contributed by atoms with E-state index in [2.05, 4.69) is 51.2 Å². The van der Waals surface area contributed by atoms with Gasteiger partial charge in [-0.05, 0) is 69.1 Å². The van der Waals surface area contributed by atoms with Crippen LogP contribution in [0.25, 0.3) is 0 Å². The van der Waals surface area contributed by atoms with Gasteiger partial charge in [0.1, 0.15) is 0 Å². The molecule has 22 heavy (non-hydrogen) atoms. The Morgan fingerprint density at radius 2 is 2.05 bits per heavy atom. The molecular weight excluding hydrogens is 266 g/mol. The number of nitrogens with two attached hydrogens (primary N) is 1. The summed E-state index contributed by atoms with van der Waals surface area (Å²) in [7, 11) is 0. The Labute approximate surface area is 137 Å². The summed E-state index contributed by atoms with van der Waals surface area (Å²) >= 11 is 0. The van der Waals surface area contributed by atoms with Crippen molar-refractivity contribution in [2.45, 2.75) is 71.8 Å². The summed E-state index contributed by atoms with van der Waals surface area (Å²) in [5, 5.41) is 0. The van der Waals surface area contributed by atoms with Crippen LogP contribution in [0.4, 0.5) is 0 Å². The second kappa shape index (κ2) is 8.72. The Hall–Kier alpha value is -0.820. The van der Waals surface area contributed by atoms with E-state index in [0.717, 1.165) is 36.5 Å². The monoisotopic (exact) mass is 301 g/mol. The molecule has 124 valence electrons. The third-order valence-electron chi connectivity index (χ3n) is 5.53. The molecule has 0 saturated heterocycles. The van der Waals surface area contributed by atoms with Crippen LogP contribution in [0.5, 0.6) is 0 Å². The van der Waals surface area contributed by atoms with Gasteiger partial charge >= 0.3 is 0 Å². The van der Waals surface area contributed by atoms with Crippen molar-refractivity contribution in [2.75, 3.05) is 0 Å². The van der Waals surface area contributed by atoms with E-state index in [1.54, 1.807) is 5.57 Å². The number of allylic oxidation sites excluding steroid dienone is 5. The molecule has 0 bridgehead atoms. The Balaban J connectivity index is 1.81. The Bertz CT molecular complexity index is 418. The molecule has 5 atom stereocenters. The summed E-state index contributed by atoms with van der Waals surface area (Å²) in [6.07, 6.45) is 20.9. The summed E-state index contributed by atoms with van der Waals surface area (Å²) in [6.45, 7) is 6.89. The second-order valence-electron chi connectivity index (χ2n) is 7.57. The molecule has 0 spiro atoms. The largest absolute Gasteiger partial charge is 0.324 e. The van der Waals surface area contributed by atoms with Gasteiger partial charge in [0, 0.05) is 6.04 Å². The third kappa shape index (κ3) is 5.12. The van der Waals surface area contributed by atoms with Gasteiger partial charge in [0.2, 0.25) is 0 Å². The van der Waals surface area contributed by atoms with Crippen molar-refractivity contribution in [3.63, 3.8) is 0 Å². The van der Waals surface area contributed by atoms with Crippen LogP contribution in [-0.2, 0) is 0 Å². The maximum atomic E-state index is 6.03. The zero-order valence-electron chi connectivity index (χ0n) is 14.8. The topological polar surface area (TPSA) is 26.0 Å². The normalized spacial score (nSPS) is 33.9. The molecule has 0 fully saturated rings. The molecule has 2 N–H and O–H groups in total. The second-order valence-corrected chi connectivity index (χ2v) is 7.57. The SMILES string of the molecule is CCCC(N)/C=C\CC1C=CC(C2CCC(C)C=C2C)CC1. The summed E-state index contributed by atoms with van der Waals surface area (Å²) in [4.78, 5) is 0. The summed E-state index contributed by atoms with van der Waals surface area (Å²) in [6, 6.07) is 0.252. The molecule has 0 amide bonds. The molecule has 0 aromatic heterocycles. The molecule has 0 aromatic rings. The Morgan fingerprint density at radius 1 is 1.23 bits per heavy atom. The predicted molar refractivity (Wildman–Crippen MR) is 97.6 cm³/mol. The van der Waals surface area contributed by atoms with E-state index in [4.69, 9.17) is 5.73 Å². The van der Waals surface area contributed by atoms with E-state index in [-0.39, 0.29) is 6.04 Å². The number of hydrogen-bond acceptors (Lipinski definition) is 1. The standard InChI is InChI=1S/C21H35N/c1-4-6-20(22)8-5-7-18-10-12-19(13-11-18)21-14-9-16(2)15-17(21)3/h5,8,10,12,15-16,18-21H,4,6-7,9,11,13-14,22H2,1-3H3/b8-5-. The van der Waals surface area contributed by atoms with Crippen molar-refractivity contribution in [1.29, 1.82) is 0 Å². The van der Waals surface area contributed by atoms with Crippen LogP contribution in [0, 0.1) is 23.7 Å². The van der Waals surface area contributed by atoms with Crippen LogP contribution in [0.3, 0.4) is 0 Å². The molecule has 0 aromatic carbocycles. The van der Waals surface area contributed by atoms with Crippen LogP contribution in [-0.4, -0.2) is 6.04 Å². The first kappa shape index (κ1) is 17.5. The van der Waals surface area contributed by atoms with Crippen LogP contribution in [0.2, 0.25) is 0 Å². The van der Waals surface area contributed by atoms with Gasteiger partial charge in [-0.15, -0.1) is 0 Å². The molecule has 2 aliphatic rings. The average Bonchev–Trinajstić information content (AvgIpc) is 2.48. The molecule has 1 heteroatoms. The van der Waals surface area contributed by atoms with Gasteiger partial charge in [-0.3, -0.25) is 0 Å². The van der Waals surface area contributed by atoms with Crippen LogP contribution in [0.15, 0.2) is 36.0 Å². The quantitative estimate of drug-likeness (QED) is 0.632. The molecule has 0 saturated carbocycles. The minimum atomic E-state index is 0.252. The van der Waals surface area contributed by atoms with E-state index in [0.29, 0.717) is 0 Å². The lowest BCUT2D eigenvalue weighted by molar-refractivity contribution is 0.323. The van der Waals surface area contributed by atoms with Gasteiger partial charge in [0.15, 0.2) is 0 Å². The fourth-order valence-corrected chi connectivity index (χ4v) is 4.17. The highest BCUT2D eigenvalue weighted by Crippen LogP contribution is 2.39. The fraction of sp³-hybridized carbons (Fsp3) is 0.714. The zero-order valence-corrected chi connectivity index (χ0v) is 14.8. The Kier molecular flexibility index (Phi) is 6.95. The first-order chi connectivity index (χ1) is 10.6. The summed E-state index contributed by atoms with van der Waals surface area (Å²) in [5.74, 6) is 3.11. The Morgan fingerprint density at radius 3 is 2.68 bits per heavy atom. The molecule has 1 nitrogen and oxygen atoms in total. The van der Waals surface area contributed by atoms with Crippen molar-refractivity contribution in [1.82, 2.24) is 0 Å². The molecule has 2 aliphatic carbocycles. The van der Waals surface area contributed by atoms with Crippen LogP contribution < -0.4 is 5.73 Å². The van der Waals surface area contributed by atoms with E-state index in [1.165, 1.54) is 32.1 Å². The van der Waals surface area contributed by atoms with Gasteiger partial charge in [-0.1, -0.05) is 56.2 Å². The van der Waals surface area contributed by atoms with Gasteiger partial charge in [-0.25, -0.2) is 0 Å². The van der Waals surface area contributed by atoms with E-state index < -0.39 is 0 Å². The third-order valence-corrected chi connectivity index (χ3v) is 5.53. The lowest BCUT2D eigenvalue weighted by atomic mass is 9.72. The maximum absolute atomic E-state index is 6.03. The van der Waals surface area contributed by atoms with Crippen molar-refractivity contribution < 1.29 is 0 Å². The van der Waals surface area contributed by atoms with Crippen molar-refractivity contribution in [3.8, 4) is 0 Å². The first-order valence-electron chi connectivity index (χ1n) is 9.39. The highest BCUT2D eigenvalue weighted by Gasteiger charge is 2.27. The minimum absolute atomic E-state index is 0.252. The summed E-state index contributed by atoms with van der Waals surface area (Å²) in [5.41, 5.74) is 7.67. The molecular formula is C21H35N. The van der Waals surface area contributed by atoms with Gasteiger partial charge in [-0.2, -0.15) is 0 Å². The van der Waals surface area contributed by atoms with E-state index >= 15 is 0 Å². The van der Waals surface area contributed by atoms with E-state index in [9.17, 15) is 0 Å². The van der Waals surface area contributed by atoms with Crippen LogP contribution >= 0.6 is 0 Å². The predicted octanol–water partition coefficient (Wildman–Crippen LogP) is 5.63. The molecule has 0 radical (unpaired) electrons. The summed E-state index contributed by atoms with van der Waals surface area (Å²) < 4.78 is 0. The van der Waals surface area contributed by atoms with E-state index in [1.807, 2.05) is 0 Å². The number of rotatable bonds is 6. The maximum Gasteiger partial charge on any atom is 0.0223 e. The molecule has 5 unspecified atom stereocenters. The lowest BCUT2D eigenvalue weighted by Gasteiger charge is -2.33. The minimum Gasteiger partial charge on any atom is -0.324 e. The highest BCUT2D eigenvalue weighted by molar-refractivity contribution is 5.15. The highest BCUT2D eigenvalue weighted by atomic mass is 14.6. The molecule has 2 rings (SSSR count). The fourth-order valence-electron chi connectivity index (χ4n) is 4.17. The van der Waals surface area contributed by atoms with Crippen LogP contribution in [0.1, 0.15) is 65.7 Å². The lowest BCUT2D eigenvalue weighted by Crippen LogP contribution is -2.22. The smallest absolute Gasteiger partial charge is 0.0223 e. The van der Waals surface area contributed by atoms with Gasteiger partial charge in [0.25, 0.3) is 0 Å². The average molecular weight is 302 g/mol. The number of hydrogen-bond donors (Lipinski definition) is 1. The van der Waals surface area contributed by atoms with Gasteiger partial charge < -0.3 is 5.73 Å². The molecule has 0 aliphatic heterocycles. The van der Waals surface area contributed by atoms with Gasteiger partial charge in [0.05, 0.1) is 0 Å². The zero-order chi connectivity index (χ0) is 15.9. The first-order valence-corrected chi connectivity index (χ1v) is 9.39. The van der Waals surface area contributed by atoms with Crippen molar-refractivity contribution in [2.24, 2.45) is 29.4 Å². The van der Waals surface area contributed by atoms with Crippen molar-refractivity contribution >= 4 is 0 Å². The molecule has 0 heterocycles. The van der Waals surface area contributed by atoms with Crippen molar-refractivity contribution in [3.05, 3.63) is 36.0 Å².